The van der Waals surface area contributed by atoms with Crippen molar-refractivity contribution in [1.29, 1.82) is 0 Å². The topological polar surface area (TPSA) is 46.6 Å². The van der Waals surface area contributed by atoms with Crippen LogP contribution in [0.15, 0.2) is 48.5 Å². The zero-order chi connectivity index (χ0) is 22.4. The number of hydrogen-bond donors (Lipinski definition) is 0. The predicted octanol–water partition coefficient (Wildman–Crippen LogP) is 5.65. The number of alkyl halides is 3. The van der Waals surface area contributed by atoms with Crippen LogP contribution < -0.4 is 4.90 Å². The maximum Gasteiger partial charge on any atom is 0.417 e. The molecule has 0 saturated heterocycles. The fourth-order valence-electron chi connectivity index (χ4n) is 3.10. The van der Waals surface area contributed by atoms with Crippen LogP contribution in [0.3, 0.4) is 0 Å². The molecular weight excluding hydrogens is 395 g/mol. The van der Waals surface area contributed by atoms with Crippen molar-refractivity contribution < 1.29 is 27.5 Å². The van der Waals surface area contributed by atoms with E-state index in [0.717, 1.165) is 11.6 Å². The molecule has 162 valence electrons. The summed E-state index contributed by atoms with van der Waals surface area (Å²) in [5.41, 5.74) is -0.915. The van der Waals surface area contributed by atoms with Gasteiger partial charge >= 0.3 is 12.1 Å². The Morgan fingerprint density at radius 3 is 2.27 bits per heavy atom. The summed E-state index contributed by atoms with van der Waals surface area (Å²) in [6, 6.07) is 12.9. The molecule has 0 saturated carbocycles. The van der Waals surface area contributed by atoms with Crippen LogP contribution >= 0.6 is 0 Å². The SMILES string of the molecule is CC(C)(C)OC(=O)CCCN(Cc1ccccc1)c1cccc(C(F)(F)F)c1C=O. The van der Waals surface area contributed by atoms with Gasteiger partial charge in [-0.05, 0) is 44.9 Å². The highest BCUT2D eigenvalue weighted by atomic mass is 19.4. The molecule has 7 heteroatoms. The van der Waals surface area contributed by atoms with Crippen molar-refractivity contribution in [3.05, 3.63) is 65.2 Å². The molecule has 4 nitrogen and oxygen atoms in total. The highest BCUT2D eigenvalue weighted by molar-refractivity contribution is 5.87. The number of esters is 1. The largest absolute Gasteiger partial charge is 0.460 e. The van der Waals surface area contributed by atoms with Crippen LogP contribution in [-0.2, 0) is 22.3 Å². The zero-order valence-electron chi connectivity index (χ0n) is 17.3. The van der Waals surface area contributed by atoms with E-state index in [1.54, 1.807) is 25.7 Å². The third-order valence-corrected chi connectivity index (χ3v) is 4.29. The van der Waals surface area contributed by atoms with Gasteiger partial charge in [-0.15, -0.1) is 0 Å². The monoisotopic (exact) mass is 421 g/mol. The van der Waals surface area contributed by atoms with Crippen molar-refractivity contribution in [2.75, 3.05) is 11.4 Å². The van der Waals surface area contributed by atoms with E-state index in [-0.39, 0.29) is 30.9 Å². The molecule has 0 heterocycles. The maximum absolute atomic E-state index is 13.4. The second-order valence-corrected chi connectivity index (χ2v) is 7.95. The zero-order valence-corrected chi connectivity index (χ0v) is 17.3. The molecule has 0 unspecified atom stereocenters. The number of ether oxygens (including phenoxy) is 1. The number of carbonyl (C=O) groups excluding carboxylic acids is 2. The van der Waals surface area contributed by atoms with Gasteiger partial charge in [0.05, 0.1) is 5.56 Å². The first-order chi connectivity index (χ1) is 14.0. The third-order valence-electron chi connectivity index (χ3n) is 4.29. The molecule has 0 radical (unpaired) electrons. The lowest BCUT2D eigenvalue weighted by Crippen LogP contribution is -2.28. The van der Waals surface area contributed by atoms with Gasteiger partial charge in [-0.1, -0.05) is 36.4 Å². The third kappa shape index (κ3) is 6.90. The van der Waals surface area contributed by atoms with E-state index in [4.69, 9.17) is 4.74 Å². The van der Waals surface area contributed by atoms with Crippen molar-refractivity contribution in [2.45, 2.75) is 51.9 Å². The first-order valence-electron chi connectivity index (χ1n) is 9.67. The van der Waals surface area contributed by atoms with E-state index in [1.165, 1.54) is 12.1 Å². The van der Waals surface area contributed by atoms with E-state index in [2.05, 4.69) is 0 Å². The quantitative estimate of drug-likeness (QED) is 0.408. The number of benzene rings is 2. The summed E-state index contributed by atoms with van der Waals surface area (Å²) in [7, 11) is 0. The Morgan fingerprint density at radius 1 is 1.03 bits per heavy atom. The molecule has 0 atom stereocenters. The molecule has 0 fully saturated rings. The minimum absolute atomic E-state index is 0.123. The lowest BCUT2D eigenvalue weighted by molar-refractivity contribution is -0.154. The summed E-state index contributed by atoms with van der Waals surface area (Å²) in [4.78, 5) is 25.3. The summed E-state index contributed by atoms with van der Waals surface area (Å²) in [6.45, 7) is 5.90. The molecule has 0 aliphatic rings. The van der Waals surface area contributed by atoms with E-state index >= 15 is 0 Å². The Morgan fingerprint density at radius 2 is 1.70 bits per heavy atom. The standard InChI is InChI=1S/C23H26F3NO3/c1-22(2,3)30-21(29)13-8-14-27(15-17-9-5-4-6-10-17)20-12-7-11-19(18(20)16-28)23(24,25)26/h4-7,9-12,16H,8,13-15H2,1-3H3. The average molecular weight is 421 g/mol. The summed E-state index contributed by atoms with van der Waals surface area (Å²) >= 11 is 0. The minimum atomic E-state index is -4.64. The van der Waals surface area contributed by atoms with Gasteiger partial charge in [0.2, 0.25) is 0 Å². The number of carbonyl (C=O) groups is 2. The number of rotatable bonds is 8. The molecule has 2 aromatic rings. The number of halogens is 3. The van der Waals surface area contributed by atoms with Crippen LogP contribution in [0.25, 0.3) is 0 Å². The molecule has 0 aromatic heterocycles. The summed E-state index contributed by atoms with van der Waals surface area (Å²) in [5, 5.41) is 0. The molecule has 0 amide bonds. The minimum Gasteiger partial charge on any atom is -0.460 e. The van der Waals surface area contributed by atoms with Crippen molar-refractivity contribution in [2.24, 2.45) is 0 Å². The van der Waals surface area contributed by atoms with E-state index < -0.39 is 22.9 Å². The fraction of sp³-hybridized carbons (Fsp3) is 0.391. The van der Waals surface area contributed by atoms with Gasteiger partial charge < -0.3 is 9.64 Å². The number of nitrogens with zero attached hydrogens (tertiary/aromatic N) is 1. The van der Waals surface area contributed by atoms with Gasteiger partial charge in [0.25, 0.3) is 0 Å². The van der Waals surface area contributed by atoms with Crippen LogP contribution in [0.5, 0.6) is 0 Å². The highest BCUT2D eigenvalue weighted by Crippen LogP contribution is 2.36. The Kier molecular flexibility index (Phi) is 7.65. The van der Waals surface area contributed by atoms with Crippen LogP contribution in [0.2, 0.25) is 0 Å². The lowest BCUT2D eigenvalue weighted by Gasteiger charge is -2.28. The lowest BCUT2D eigenvalue weighted by atomic mass is 10.0. The van der Waals surface area contributed by atoms with E-state index in [0.29, 0.717) is 13.0 Å². The van der Waals surface area contributed by atoms with Gasteiger partial charge in [0, 0.05) is 30.8 Å². The highest BCUT2D eigenvalue weighted by Gasteiger charge is 2.34. The molecule has 0 N–H and O–H groups in total. The van der Waals surface area contributed by atoms with Gasteiger partial charge in [-0.25, -0.2) is 0 Å². The molecule has 0 aliphatic carbocycles. The Bertz CT molecular complexity index is 858. The first kappa shape index (κ1) is 23.4. The number of aldehydes is 1. The van der Waals surface area contributed by atoms with Gasteiger partial charge in [0.1, 0.15) is 5.60 Å². The van der Waals surface area contributed by atoms with Gasteiger partial charge in [0.15, 0.2) is 6.29 Å². The summed E-state index contributed by atoms with van der Waals surface area (Å²) < 4.78 is 45.4. The molecule has 0 bridgehead atoms. The number of hydrogen-bond acceptors (Lipinski definition) is 4. The second-order valence-electron chi connectivity index (χ2n) is 7.95. The smallest absolute Gasteiger partial charge is 0.417 e. The maximum atomic E-state index is 13.4. The molecule has 2 rings (SSSR count). The van der Waals surface area contributed by atoms with Crippen molar-refractivity contribution in [1.82, 2.24) is 0 Å². The van der Waals surface area contributed by atoms with E-state index in [1.807, 2.05) is 30.3 Å². The molecule has 2 aromatic carbocycles. The first-order valence-corrected chi connectivity index (χ1v) is 9.67. The van der Waals surface area contributed by atoms with E-state index in [9.17, 15) is 22.8 Å². The summed E-state index contributed by atoms with van der Waals surface area (Å²) in [6.07, 6.45) is -3.90. The van der Waals surface area contributed by atoms with Crippen LogP contribution in [0.1, 0.15) is 55.1 Å². The molecule has 0 aliphatic heterocycles. The Balaban J connectivity index is 2.28. The average Bonchev–Trinajstić information content (AvgIpc) is 2.65. The fourth-order valence-corrected chi connectivity index (χ4v) is 3.10. The number of anilines is 1. The van der Waals surface area contributed by atoms with Crippen LogP contribution in [0.4, 0.5) is 18.9 Å². The van der Waals surface area contributed by atoms with Gasteiger partial charge in [-0.2, -0.15) is 13.2 Å². The Hall–Kier alpha value is -2.83. The van der Waals surface area contributed by atoms with Crippen molar-refractivity contribution in [3.8, 4) is 0 Å². The second kappa shape index (κ2) is 9.78. The van der Waals surface area contributed by atoms with Gasteiger partial charge in [-0.3, -0.25) is 9.59 Å². The van der Waals surface area contributed by atoms with Crippen LogP contribution in [0, 0.1) is 0 Å². The normalized spacial score (nSPS) is 11.8. The van der Waals surface area contributed by atoms with Crippen molar-refractivity contribution >= 4 is 17.9 Å². The van der Waals surface area contributed by atoms with Crippen LogP contribution in [-0.4, -0.2) is 24.4 Å². The molecule has 30 heavy (non-hydrogen) atoms. The van der Waals surface area contributed by atoms with Crippen molar-refractivity contribution in [3.63, 3.8) is 0 Å². The molecule has 0 spiro atoms. The summed E-state index contributed by atoms with van der Waals surface area (Å²) in [5.74, 6) is -0.373. The molecular formula is C23H26F3NO3. The Labute approximate surface area is 174 Å². The predicted molar refractivity (Wildman–Crippen MR) is 109 cm³/mol.